The molecule has 0 aliphatic carbocycles. The van der Waals surface area contributed by atoms with Crippen LogP contribution in [0.15, 0.2) is 60.7 Å². The first-order chi connectivity index (χ1) is 13.2. The monoisotopic (exact) mass is 381 g/mol. The molecule has 6 heteroatoms. The van der Waals surface area contributed by atoms with Gasteiger partial charge in [0.2, 0.25) is 5.13 Å². The van der Waals surface area contributed by atoms with Crippen molar-refractivity contribution in [3.63, 3.8) is 0 Å². The number of aryl methyl sites for hydroxylation is 1. The highest BCUT2D eigenvalue weighted by atomic mass is 32.1. The van der Waals surface area contributed by atoms with Crippen LogP contribution in [-0.2, 0) is 17.8 Å². The molecular formula is C21H23N3O2S. The Hall–Kier alpha value is -2.70. The molecule has 0 amide bonds. The minimum Gasteiger partial charge on any atom is -0.462 e. The summed E-state index contributed by atoms with van der Waals surface area (Å²) in [7, 11) is 0. The number of benzene rings is 2. The number of hydrogen-bond acceptors (Lipinski definition) is 6. The Labute approximate surface area is 163 Å². The lowest BCUT2D eigenvalue weighted by Gasteiger charge is -2.23. The Morgan fingerprint density at radius 1 is 1.07 bits per heavy atom. The van der Waals surface area contributed by atoms with Crippen molar-refractivity contribution in [2.75, 3.05) is 11.6 Å². The fraction of sp³-hybridized carbons (Fsp3) is 0.238. The van der Waals surface area contributed by atoms with Crippen molar-refractivity contribution >= 4 is 22.4 Å². The van der Waals surface area contributed by atoms with E-state index in [1.807, 2.05) is 48.3 Å². The Morgan fingerprint density at radius 3 is 2.33 bits per heavy atom. The first-order valence-corrected chi connectivity index (χ1v) is 9.72. The first kappa shape index (κ1) is 19.1. The van der Waals surface area contributed by atoms with Crippen LogP contribution in [0.2, 0.25) is 0 Å². The van der Waals surface area contributed by atoms with Gasteiger partial charge in [0.15, 0.2) is 0 Å². The minimum atomic E-state index is -0.318. The number of esters is 1. The molecule has 2 aromatic carbocycles. The van der Waals surface area contributed by atoms with Crippen LogP contribution in [0.3, 0.4) is 0 Å². The van der Waals surface area contributed by atoms with Crippen molar-refractivity contribution < 1.29 is 9.53 Å². The quantitative estimate of drug-likeness (QED) is 0.465. The molecule has 5 nitrogen and oxygen atoms in total. The van der Waals surface area contributed by atoms with Crippen LogP contribution in [0.25, 0.3) is 0 Å². The zero-order valence-electron chi connectivity index (χ0n) is 15.5. The molecule has 0 spiro atoms. The Balaban J connectivity index is 1.82. The van der Waals surface area contributed by atoms with Crippen LogP contribution in [0.1, 0.15) is 33.4 Å². The van der Waals surface area contributed by atoms with Crippen LogP contribution in [0, 0.1) is 6.92 Å². The molecule has 0 bridgehead atoms. The van der Waals surface area contributed by atoms with Gasteiger partial charge in [-0.2, -0.15) is 0 Å². The highest BCUT2D eigenvalue weighted by Crippen LogP contribution is 2.27. The van der Waals surface area contributed by atoms with Gasteiger partial charge in [-0.3, -0.25) is 5.01 Å². The number of ether oxygens (including phenoxy) is 1. The third-order valence-corrected chi connectivity index (χ3v) is 5.14. The van der Waals surface area contributed by atoms with Gasteiger partial charge in [-0.25, -0.2) is 15.2 Å². The number of aromatic nitrogens is 1. The predicted octanol–water partition coefficient (Wildman–Crippen LogP) is 4.34. The van der Waals surface area contributed by atoms with Crippen molar-refractivity contribution in [3.05, 3.63) is 82.4 Å². The maximum Gasteiger partial charge on any atom is 0.350 e. The number of hydrazine groups is 1. The maximum atomic E-state index is 12.1. The number of carbonyl (C=O) groups is 1. The molecule has 140 valence electrons. The number of anilines is 1. The largest absolute Gasteiger partial charge is 0.462 e. The Bertz CT molecular complexity index is 866. The summed E-state index contributed by atoms with van der Waals surface area (Å²) >= 11 is 1.35. The van der Waals surface area contributed by atoms with Gasteiger partial charge in [0, 0.05) is 6.54 Å². The summed E-state index contributed by atoms with van der Waals surface area (Å²) < 4.78 is 5.14. The molecule has 3 rings (SSSR count). The van der Waals surface area contributed by atoms with Crippen LogP contribution < -0.4 is 10.4 Å². The first-order valence-electron chi connectivity index (χ1n) is 8.90. The van der Waals surface area contributed by atoms with Crippen LogP contribution >= 0.6 is 11.3 Å². The van der Waals surface area contributed by atoms with E-state index >= 15 is 0 Å². The van der Waals surface area contributed by atoms with E-state index in [-0.39, 0.29) is 5.97 Å². The van der Waals surface area contributed by atoms with Gasteiger partial charge in [-0.05, 0) is 25.0 Å². The van der Waals surface area contributed by atoms with E-state index in [0.717, 1.165) is 10.7 Å². The van der Waals surface area contributed by atoms with E-state index in [1.54, 1.807) is 6.92 Å². The zero-order chi connectivity index (χ0) is 19.1. The molecular weight excluding hydrogens is 358 g/mol. The second-order valence-corrected chi connectivity index (χ2v) is 7.00. The smallest absolute Gasteiger partial charge is 0.350 e. The van der Waals surface area contributed by atoms with Crippen molar-refractivity contribution in [3.8, 4) is 0 Å². The van der Waals surface area contributed by atoms with E-state index < -0.39 is 0 Å². The zero-order valence-corrected chi connectivity index (χ0v) is 16.3. The van der Waals surface area contributed by atoms with Crippen LogP contribution in [-0.4, -0.2) is 17.6 Å². The number of hydrogen-bond donors (Lipinski definition) is 1. The normalized spacial score (nSPS) is 10.6. The molecule has 0 saturated heterocycles. The molecule has 1 aromatic heterocycles. The summed E-state index contributed by atoms with van der Waals surface area (Å²) in [4.78, 5) is 17.3. The molecule has 1 heterocycles. The summed E-state index contributed by atoms with van der Waals surface area (Å²) in [6, 6.07) is 20.4. The van der Waals surface area contributed by atoms with Gasteiger partial charge in [0.1, 0.15) is 4.88 Å². The van der Waals surface area contributed by atoms with E-state index in [2.05, 4.69) is 34.7 Å². The summed E-state index contributed by atoms with van der Waals surface area (Å²) in [5, 5.41) is 2.73. The maximum absolute atomic E-state index is 12.1. The van der Waals surface area contributed by atoms with Gasteiger partial charge in [0.25, 0.3) is 0 Å². The average Bonchev–Trinajstić information content (AvgIpc) is 3.08. The molecule has 0 fully saturated rings. The number of nitrogens with zero attached hydrogens (tertiary/aromatic N) is 2. The van der Waals surface area contributed by atoms with Crippen molar-refractivity contribution in [1.29, 1.82) is 0 Å². The molecule has 0 aliphatic heterocycles. The predicted molar refractivity (Wildman–Crippen MR) is 109 cm³/mol. The van der Waals surface area contributed by atoms with E-state index in [9.17, 15) is 4.79 Å². The number of carbonyl (C=O) groups excluding carboxylic acids is 1. The van der Waals surface area contributed by atoms with Gasteiger partial charge < -0.3 is 4.74 Å². The molecule has 3 aromatic rings. The van der Waals surface area contributed by atoms with Crippen molar-refractivity contribution in [2.24, 2.45) is 0 Å². The van der Waals surface area contributed by atoms with Gasteiger partial charge in [0.05, 0.1) is 18.8 Å². The number of nitrogens with one attached hydrogen (secondary N) is 1. The molecule has 0 radical (unpaired) electrons. The minimum absolute atomic E-state index is 0.318. The lowest BCUT2D eigenvalue weighted by molar-refractivity contribution is 0.0531. The third kappa shape index (κ3) is 5.15. The number of rotatable bonds is 8. The second kappa shape index (κ2) is 9.30. The lowest BCUT2D eigenvalue weighted by atomic mass is 10.2. The fourth-order valence-corrected chi connectivity index (χ4v) is 3.56. The summed E-state index contributed by atoms with van der Waals surface area (Å²) in [6.07, 6.45) is 0. The van der Waals surface area contributed by atoms with Crippen LogP contribution in [0.4, 0.5) is 5.13 Å². The van der Waals surface area contributed by atoms with E-state index in [1.165, 1.54) is 16.9 Å². The molecule has 1 N–H and O–H groups in total. The molecule has 0 atom stereocenters. The number of thiazole rings is 1. The SMILES string of the molecule is CCOC(=O)c1sc(N(Cc2ccccc2)NCc2ccccc2)nc1C. The third-order valence-electron chi connectivity index (χ3n) is 3.98. The van der Waals surface area contributed by atoms with Gasteiger partial charge >= 0.3 is 5.97 Å². The van der Waals surface area contributed by atoms with E-state index in [0.29, 0.717) is 30.3 Å². The van der Waals surface area contributed by atoms with Crippen molar-refractivity contribution in [1.82, 2.24) is 10.4 Å². The molecule has 0 aliphatic rings. The Morgan fingerprint density at radius 2 is 1.70 bits per heavy atom. The van der Waals surface area contributed by atoms with E-state index in [4.69, 9.17) is 4.74 Å². The van der Waals surface area contributed by atoms with Crippen molar-refractivity contribution in [2.45, 2.75) is 26.9 Å². The standard InChI is InChI=1S/C21H23N3O2S/c1-3-26-20(25)19-16(2)23-21(27-19)24(15-18-12-8-5-9-13-18)22-14-17-10-6-4-7-11-17/h4-13,22H,3,14-15H2,1-2H3. The van der Waals surface area contributed by atoms with Crippen LogP contribution in [0.5, 0.6) is 0 Å². The summed E-state index contributed by atoms with van der Waals surface area (Å²) in [5.41, 5.74) is 6.46. The Kier molecular flexibility index (Phi) is 6.57. The fourth-order valence-electron chi connectivity index (χ4n) is 2.62. The highest BCUT2D eigenvalue weighted by molar-refractivity contribution is 7.17. The highest BCUT2D eigenvalue weighted by Gasteiger charge is 2.20. The average molecular weight is 382 g/mol. The topological polar surface area (TPSA) is 54.5 Å². The van der Waals surface area contributed by atoms with Gasteiger partial charge in [-0.1, -0.05) is 72.0 Å². The summed E-state index contributed by atoms with van der Waals surface area (Å²) in [6.45, 7) is 5.30. The van der Waals surface area contributed by atoms with Gasteiger partial charge in [-0.15, -0.1) is 0 Å². The molecule has 27 heavy (non-hydrogen) atoms. The summed E-state index contributed by atoms with van der Waals surface area (Å²) in [5.74, 6) is -0.318. The lowest BCUT2D eigenvalue weighted by Crippen LogP contribution is -2.37. The molecule has 0 unspecified atom stereocenters. The second-order valence-electron chi connectivity index (χ2n) is 6.02. The molecule has 0 saturated carbocycles.